The van der Waals surface area contributed by atoms with E-state index in [2.05, 4.69) is 9.97 Å². The van der Waals surface area contributed by atoms with E-state index in [0.717, 1.165) is 0 Å². The number of nitrogens with zero attached hydrogens (tertiary/aromatic N) is 3. The van der Waals surface area contributed by atoms with Gasteiger partial charge >= 0.3 is 11.9 Å². The number of rotatable bonds is 7. The summed E-state index contributed by atoms with van der Waals surface area (Å²) in [6.45, 7) is 4.27. The Morgan fingerprint density at radius 3 is 2.58 bits per heavy atom. The summed E-state index contributed by atoms with van der Waals surface area (Å²) in [5, 5.41) is 0.451. The first-order valence-corrected chi connectivity index (χ1v) is 11.2. The molecule has 1 amide bonds. The molecule has 0 unspecified atom stereocenters. The standard InChI is InChI=1S/C21H25N3O6S/c1-4-28-20(26)14-7-9-24(10-8-14)16(25)12-30-21(27)17-13(2)22-18(23-19(17)31-3)15-6-5-11-29-15/h5-6,11,14H,4,7-10,12H2,1-3H3. The number of amides is 1. The van der Waals surface area contributed by atoms with Crippen LogP contribution in [0.4, 0.5) is 0 Å². The van der Waals surface area contributed by atoms with Crippen LogP contribution in [0.15, 0.2) is 27.8 Å². The van der Waals surface area contributed by atoms with E-state index in [-0.39, 0.29) is 30.0 Å². The van der Waals surface area contributed by atoms with Gasteiger partial charge in [-0.15, -0.1) is 11.8 Å². The molecule has 0 aliphatic carbocycles. The van der Waals surface area contributed by atoms with E-state index in [0.29, 0.717) is 54.8 Å². The van der Waals surface area contributed by atoms with Crippen LogP contribution in [0.2, 0.25) is 0 Å². The number of piperidine rings is 1. The van der Waals surface area contributed by atoms with E-state index in [4.69, 9.17) is 13.9 Å². The normalized spacial score (nSPS) is 14.4. The first kappa shape index (κ1) is 22.8. The summed E-state index contributed by atoms with van der Waals surface area (Å²) in [4.78, 5) is 47.3. The molecule has 1 aliphatic rings. The summed E-state index contributed by atoms with van der Waals surface area (Å²) < 4.78 is 15.6. The van der Waals surface area contributed by atoms with Crippen molar-refractivity contribution >= 4 is 29.6 Å². The molecule has 0 aromatic carbocycles. The maximum Gasteiger partial charge on any atom is 0.343 e. The van der Waals surface area contributed by atoms with E-state index < -0.39 is 5.97 Å². The smallest absolute Gasteiger partial charge is 0.343 e. The van der Waals surface area contributed by atoms with Crippen LogP contribution in [-0.2, 0) is 19.1 Å². The van der Waals surface area contributed by atoms with Crippen molar-refractivity contribution in [1.29, 1.82) is 0 Å². The minimum atomic E-state index is -0.650. The zero-order valence-electron chi connectivity index (χ0n) is 17.8. The Labute approximate surface area is 184 Å². The van der Waals surface area contributed by atoms with Gasteiger partial charge in [0.05, 0.1) is 24.5 Å². The van der Waals surface area contributed by atoms with Crippen molar-refractivity contribution in [2.45, 2.75) is 31.7 Å². The molecular formula is C21H25N3O6S. The largest absolute Gasteiger partial charge is 0.466 e. The molecule has 1 fully saturated rings. The Bertz CT molecular complexity index is 939. The van der Waals surface area contributed by atoms with E-state index in [9.17, 15) is 14.4 Å². The molecule has 9 nitrogen and oxygen atoms in total. The fraction of sp³-hybridized carbons (Fsp3) is 0.476. The third kappa shape index (κ3) is 5.43. The second-order valence-corrected chi connectivity index (χ2v) is 7.77. The topological polar surface area (TPSA) is 112 Å². The molecule has 0 bridgehead atoms. The van der Waals surface area contributed by atoms with Crippen molar-refractivity contribution in [1.82, 2.24) is 14.9 Å². The highest BCUT2D eigenvalue weighted by Gasteiger charge is 2.29. The predicted octanol–water partition coefficient (Wildman–Crippen LogP) is 2.73. The Balaban J connectivity index is 1.59. The highest BCUT2D eigenvalue weighted by Crippen LogP contribution is 2.26. The number of furan rings is 1. The second-order valence-electron chi connectivity index (χ2n) is 6.98. The quantitative estimate of drug-likeness (QED) is 0.359. The molecule has 0 saturated carbocycles. The van der Waals surface area contributed by atoms with Crippen molar-refractivity contribution in [3.8, 4) is 11.6 Å². The molecule has 10 heteroatoms. The van der Waals surface area contributed by atoms with Gasteiger partial charge < -0.3 is 18.8 Å². The zero-order valence-corrected chi connectivity index (χ0v) is 18.6. The highest BCUT2D eigenvalue weighted by atomic mass is 32.2. The lowest BCUT2D eigenvalue weighted by Crippen LogP contribution is -2.42. The van der Waals surface area contributed by atoms with Crippen LogP contribution in [0.5, 0.6) is 0 Å². The molecule has 0 spiro atoms. The monoisotopic (exact) mass is 447 g/mol. The van der Waals surface area contributed by atoms with Crippen LogP contribution in [0, 0.1) is 12.8 Å². The predicted molar refractivity (Wildman–Crippen MR) is 112 cm³/mol. The molecule has 1 saturated heterocycles. The van der Waals surface area contributed by atoms with Gasteiger partial charge in [0.2, 0.25) is 0 Å². The summed E-state index contributed by atoms with van der Waals surface area (Å²) in [5.41, 5.74) is 0.676. The van der Waals surface area contributed by atoms with Gasteiger partial charge in [0.1, 0.15) is 10.6 Å². The Morgan fingerprint density at radius 2 is 1.97 bits per heavy atom. The number of thioether (sulfide) groups is 1. The Morgan fingerprint density at radius 1 is 1.23 bits per heavy atom. The summed E-state index contributed by atoms with van der Waals surface area (Å²) in [5.74, 6) is -0.486. The SMILES string of the molecule is CCOC(=O)C1CCN(C(=O)COC(=O)c2c(C)nc(-c3ccco3)nc2SC)CC1. The van der Waals surface area contributed by atoms with Crippen LogP contribution < -0.4 is 0 Å². The van der Waals surface area contributed by atoms with Gasteiger partial charge in [-0.3, -0.25) is 9.59 Å². The second kappa shape index (κ2) is 10.4. The number of likely N-dealkylation sites (tertiary alicyclic amines) is 1. The summed E-state index contributed by atoms with van der Waals surface area (Å²) in [6.07, 6.45) is 4.39. The molecule has 1 aliphatic heterocycles. The third-order valence-corrected chi connectivity index (χ3v) is 5.67. The van der Waals surface area contributed by atoms with E-state index in [1.807, 2.05) is 0 Å². The maximum atomic E-state index is 12.7. The van der Waals surface area contributed by atoms with Crippen molar-refractivity contribution < 1.29 is 28.3 Å². The van der Waals surface area contributed by atoms with Crippen molar-refractivity contribution in [3.63, 3.8) is 0 Å². The summed E-state index contributed by atoms with van der Waals surface area (Å²) in [6, 6.07) is 3.47. The minimum Gasteiger partial charge on any atom is -0.466 e. The van der Waals surface area contributed by atoms with Gasteiger partial charge in [0.25, 0.3) is 5.91 Å². The fourth-order valence-corrected chi connectivity index (χ4v) is 3.97. The molecule has 3 rings (SSSR count). The van der Waals surface area contributed by atoms with Crippen LogP contribution in [0.3, 0.4) is 0 Å². The molecular weight excluding hydrogens is 422 g/mol. The zero-order chi connectivity index (χ0) is 22.4. The first-order chi connectivity index (χ1) is 14.9. The molecule has 3 heterocycles. The maximum absolute atomic E-state index is 12.7. The fourth-order valence-electron chi connectivity index (χ4n) is 3.36. The minimum absolute atomic E-state index is 0.192. The van der Waals surface area contributed by atoms with Crippen molar-refractivity contribution in [2.75, 3.05) is 32.6 Å². The number of carbonyl (C=O) groups excluding carboxylic acids is 3. The molecule has 2 aromatic heterocycles. The molecule has 2 aromatic rings. The molecule has 0 N–H and O–H groups in total. The number of aromatic nitrogens is 2. The number of hydrogen-bond acceptors (Lipinski definition) is 9. The van der Waals surface area contributed by atoms with Gasteiger partial charge in [0.15, 0.2) is 18.2 Å². The first-order valence-electron chi connectivity index (χ1n) is 10.0. The van der Waals surface area contributed by atoms with Crippen LogP contribution in [-0.4, -0.2) is 65.3 Å². The highest BCUT2D eigenvalue weighted by molar-refractivity contribution is 7.98. The lowest BCUT2D eigenvalue weighted by Gasteiger charge is -2.30. The molecule has 0 radical (unpaired) electrons. The van der Waals surface area contributed by atoms with Crippen LogP contribution >= 0.6 is 11.8 Å². The number of aryl methyl sites for hydroxylation is 1. The van der Waals surface area contributed by atoms with E-state index in [1.165, 1.54) is 18.0 Å². The van der Waals surface area contributed by atoms with Crippen LogP contribution in [0.25, 0.3) is 11.6 Å². The lowest BCUT2D eigenvalue weighted by molar-refractivity contribution is -0.151. The number of carbonyl (C=O) groups is 3. The van der Waals surface area contributed by atoms with Crippen molar-refractivity contribution in [3.05, 3.63) is 29.7 Å². The number of esters is 2. The lowest BCUT2D eigenvalue weighted by atomic mass is 9.97. The van der Waals surface area contributed by atoms with Crippen LogP contribution in [0.1, 0.15) is 35.8 Å². The third-order valence-electron chi connectivity index (χ3n) is 4.99. The molecule has 166 valence electrons. The Hall–Kier alpha value is -2.88. The average molecular weight is 448 g/mol. The van der Waals surface area contributed by atoms with E-state index >= 15 is 0 Å². The Kier molecular flexibility index (Phi) is 7.67. The van der Waals surface area contributed by atoms with Gasteiger partial charge in [-0.1, -0.05) is 0 Å². The number of hydrogen-bond donors (Lipinski definition) is 0. The van der Waals surface area contributed by atoms with Gasteiger partial charge in [-0.05, 0) is 45.1 Å². The van der Waals surface area contributed by atoms with E-state index in [1.54, 1.807) is 37.1 Å². The van der Waals surface area contributed by atoms with Gasteiger partial charge in [-0.2, -0.15) is 0 Å². The molecule has 31 heavy (non-hydrogen) atoms. The van der Waals surface area contributed by atoms with Crippen molar-refractivity contribution in [2.24, 2.45) is 5.92 Å². The van der Waals surface area contributed by atoms with Gasteiger partial charge in [0, 0.05) is 13.1 Å². The molecule has 0 atom stereocenters. The summed E-state index contributed by atoms with van der Waals surface area (Å²) in [7, 11) is 0. The number of ether oxygens (including phenoxy) is 2. The summed E-state index contributed by atoms with van der Waals surface area (Å²) >= 11 is 1.29. The van der Waals surface area contributed by atoms with Gasteiger partial charge in [-0.25, -0.2) is 14.8 Å². The average Bonchev–Trinajstić information content (AvgIpc) is 3.32.